The summed E-state index contributed by atoms with van der Waals surface area (Å²) in [5, 5.41) is 0.576. The van der Waals surface area contributed by atoms with E-state index >= 15 is 0 Å². The zero-order valence-electron chi connectivity index (χ0n) is 24.3. The van der Waals surface area contributed by atoms with E-state index in [2.05, 4.69) is 15.9 Å². The highest BCUT2D eigenvalue weighted by Crippen LogP contribution is 2.32. The molecule has 0 bridgehead atoms. The number of hydrogen-bond acceptors (Lipinski definition) is 6. The molecule has 1 amide bonds. The zero-order valence-corrected chi connectivity index (χ0v) is 27.4. The number of aromatic nitrogens is 1. The number of halogens is 2. The molecule has 1 atom stereocenters. The highest BCUT2D eigenvalue weighted by Gasteiger charge is 2.34. The number of likely N-dealkylation sites (N-methyl/N-ethyl adjacent to an activating group) is 1. The van der Waals surface area contributed by atoms with Gasteiger partial charge in [-0.1, -0.05) is 69.2 Å². The molecule has 3 aromatic carbocycles. The van der Waals surface area contributed by atoms with Gasteiger partial charge in [-0.15, -0.1) is 0 Å². The van der Waals surface area contributed by atoms with Crippen molar-refractivity contribution in [2.45, 2.75) is 33.4 Å². The molecule has 0 fully saturated rings. The highest BCUT2D eigenvalue weighted by atomic mass is 79.9. The van der Waals surface area contributed by atoms with E-state index in [4.69, 9.17) is 26.1 Å². The Kier molecular flexibility index (Phi) is 9.54. The van der Waals surface area contributed by atoms with E-state index in [1.807, 2.05) is 81.4 Å². The minimum absolute atomic E-state index is 0.135. The average molecular weight is 681 g/mol. The van der Waals surface area contributed by atoms with Crippen LogP contribution in [0.15, 0.2) is 92.3 Å². The van der Waals surface area contributed by atoms with E-state index in [9.17, 15) is 9.59 Å². The van der Waals surface area contributed by atoms with Crippen molar-refractivity contribution in [2.24, 2.45) is 4.99 Å². The van der Waals surface area contributed by atoms with Crippen molar-refractivity contribution < 1.29 is 14.3 Å². The quantitative estimate of drug-likeness (QED) is 0.214. The number of fused-ring (bicyclic) bond motifs is 1. The monoisotopic (exact) mass is 679 g/mol. The zero-order chi connectivity index (χ0) is 30.7. The second-order valence-electron chi connectivity index (χ2n) is 9.94. The summed E-state index contributed by atoms with van der Waals surface area (Å²) in [5.74, 6) is 1.02. The molecule has 0 N–H and O–H groups in total. The van der Waals surface area contributed by atoms with E-state index in [-0.39, 0.29) is 11.5 Å². The van der Waals surface area contributed by atoms with Gasteiger partial charge in [-0.3, -0.25) is 14.2 Å². The lowest BCUT2D eigenvalue weighted by atomic mass is 9.94. The van der Waals surface area contributed by atoms with Crippen molar-refractivity contribution in [1.82, 2.24) is 9.47 Å². The van der Waals surface area contributed by atoms with Crippen LogP contribution in [-0.2, 0) is 11.4 Å². The van der Waals surface area contributed by atoms with Crippen LogP contribution in [0.5, 0.6) is 11.5 Å². The lowest BCUT2D eigenvalue weighted by Crippen LogP contribution is -2.43. The molecule has 43 heavy (non-hydrogen) atoms. The Morgan fingerprint density at radius 3 is 2.42 bits per heavy atom. The van der Waals surface area contributed by atoms with Crippen LogP contribution in [0.3, 0.4) is 0 Å². The van der Waals surface area contributed by atoms with E-state index in [0.717, 1.165) is 21.2 Å². The molecule has 10 heteroatoms. The summed E-state index contributed by atoms with van der Waals surface area (Å²) >= 11 is 10.9. The number of hydrogen-bond donors (Lipinski definition) is 0. The van der Waals surface area contributed by atoms with Crippen LogP contribution in [0, 0.1) is 0 Å². The van der Waals surface area contributed by atoms with Crippen molar-refractivity contribution in [3.8, 4) is 11.5 Å². The molecule has 4 aromatic rings. The number of carbonyl (C=O) groups excluding carboxylic acids is 1. The molecule has 1 aromatic heterocycles. The van der Waals surface area contributed by atoms with Crippen molar-refractivity contribution >= 4 is 50.9 Å². The summed E-state index contributed by atoms with van der Waals surface area (Å²) in [7, 11) is 1.59. The smallest absolute Gasteiger partial charge is 0.271 e. The summed E-state index contributed by atoms with van der Waals surface area (Å²) < 4.78 is 14.8. The number of amides is 1. The molecule has 7 nitrogen and oxygen atoms in total. The molecule has 0 saturated heterocycles. The molecular formula is C33H31BrClN3O4S. The average Bonchev–Trinajstić information content (AvgIpc) is 3.31. The molecule has 1 aliphatic rings. The maximum Gasteiger partial charge on any atom is 0.271 e. The predicted octanol–water partition coefficient (Wildman–Crippen LogP) is 6.11. The second kappa shape index (κ2) is 13.3. The number of methoxy groups -OCH3 is 1. The van der Waals surface area contributed by atoms with Gasteiger partial charge in [0.2, 0.25) is 0 Å². The Morgan fingerprint density at radius 1 is 1.07 bits per heavy atom. The Morgan fingerprint density at radius 2 is 1.77 bits per heavy atom. The normalized spacial score (nSPS) is 14.7. The molecule has 2 heterocycles. The summed E-state index contributed by atoms with van der Waals surface area (Å²) in [4.78, 5) is 34.8. The summed E-state index contributed by atoms with van der Waals surface area (Å²) in [5.41, 5.74) is 3.44. The fourth-order valence-corrected chi connectivity index (χ4v) is 6.46. The first-order valence-corrected chi connectivity index (χ1v) is 15.8. The Bertz CT molecular complexity index is 1860. The number of ether oxygens (including phenoxy) is 2. The minimum Gasteiger partial charge on any atom is -0.493 e. The topological polar surface area (TPSA) is 73.1 Å². The Labute approximate surface area is 267 Å². The maximum atomic E-state index is 14.0. The maximum absolute atomic E-state index is 14.0. The van der Waals surface area contributed by atoms with Crippen molar-refractivity contribution in [3.63, 3.8) is 0 Å². The minimum atomic E-state index is -0.632. The fourth-order valence-electron chi connectivity index (χ4n) is 5.02. The van der Waals surface area contributed by atoms with Gasteiger partial charge in [0.25, 0.3) is 11.5 Å². The van der Waals surface area contributed by atoms with Crippen LogP contribution >= 0.6 is 38.9 Å². The van der Waals surface area contributed by atoms with Gasteiger partial charge in [-0.2, -0.15) is 0 Å². The van der Waals surface area contributed by atoms with Crippen LogP contribution < -0.4 is 24.4 Å². The van der Waals surface area contributed by atoms with Gasteiger partial charge in [0.1, 0.15) is 6.61 Å². The first-order chi connectivity index (χ1) is 20.7. The summed E-state index contributed by atoms with van der Waals surface area (Å²) in [6.07, 6.45) is 1.81. The van der Waals surface area contributed by atoms with Gasteiger partial charge in [0, 0.05) is 22.6 Å². The first kappa shape index (κ1) is 30.8. The third kappa shape index (κ3) is 6.49. The number of thiazole rings is 1. The third-order valence-corrected chi connectivity index (χ3v) is 9.05. The van der Waals surface area contributed by atoms with Crippen LogP contribution in [-0.4, -0.2) is 35.6 Å². The van der Waals surface area contributed by atoms with Gasteiger partial charge in [0.05, 0.1) is 29.0 Å². The highest BCUT2D eigenvalue weighted by molar-refractivity contribution is 9.10. The predicted molar refractivity (Wildman–Crippen MR) is 175 cm³/mol. The molecular weight excluding hydrogens is 650 g/mol. The van der Waals surface area contributed by atoms with E-state index in [1.165, 1.54) is 11.3 Å². The molecule has 0 aliphatic carbocycles. The third-order valence-electron chi connectivity index (χ3n) is 7.28. The van der Waals surface area contributed by atoms with Gasteiger partial charge >= 0.3 is 0 Å². The molecule has 0 unspecified atom stereocenters. The Balaban J connectivity index is 1.55. The summed E-state index contributed by atoms with van der Waals surface area (Å²) in [6, 6.07) is 20.1. The van der Waals surface area contributed by atoms with Crippen LogP contribution in [0.2, 0.25) is 5.02 Å². The van der Waals surface area contributed by atoms with Gasteiger partial charge in [-0.25, -0.2) is 4.99 Å². The fraction of sp³-hybridized carbons (Fsp3) is 0.242. The summed E-state index contributed by atoms with van der Waals surface area (Å²) in [6.45, 7) is 7.20. The number of benzene rings is 3. The number of rotatable bonds is 9. The van der Waals surface area contributed by atoms with Gasteiger partial charge < -0.3 is 14.4 Å². The second-order valence-corrected chi connectivity index (χ2v) is 12.3. The standard InChI is InChI=1S/C33H31BrClN3O4S/c1-5-37(6-2)32(40)29-20(3)36-33-38(30(29)23-10-14-25(35)15-11-23)31(39)28(43-33)18-22-9-16-26(27(17-22)41-4)42-19-21-7-12-24(34)13-8-21/h7-18,30H,5-6,19H2,1-4H3/b28-18+/t30-/m1/s1. The van der Waals surface area contributed by atoms with Gasteiger partial charge in [0.15, 0.2) is 16.3 Å². The number of carbonyl (C=O) groups is 1. The number of allylic oxidation sites excluding steroid dienone is 1. The van der Waals surface area contributed by atoms with Crippen molar-refractivity contribution in [3.05, 3.63) is 124 Å². The van der Waals surface area contributed by atoms with E-state index in [0.29, 0.717) is 56.8 Å². The lowest BCUT2D eigenvalue weighted by Gasteiger charge is -2.29. The molecule has 222 valence electrons. The molecule has 1 aliphatic heterocycles. The SMILES string of the molecule is CCN(CC)C(=O)C1=C(C)N=c2s/c(=C/c3ccc(OCc4ccc(Br)cc4)c(OC)c3)c(=O)n2[C@@H]1c1ccc(Cl)cc1. The Hall–Kier alpha value is -3.66. The van der Waals surface area contributed by atoms with Crippen molar-refractivity contribution in [2.75, 3.05) is 20.2 Å². The first-order valence-electron chi connectivity index (χ1n) is 13.9. The van der Waals surface area contributed by atoms with Crippen LogP contribution in [0.4, 0.5) is 0 Å². The largest absolute Gasteiger partial charge is 0.493 e. The molecule has 0 saturated carbocycles. The van der Waals surface area contributed by atoms with Gasteiger partial charge in [-0.05, 0) is 79.9 Å². The van der Waals surface area contributed by atoms with E-state index < -0.39 is 6.04 Å². The van der Waals surface area contributed by atoms with E-state index in [1.54, 1.807) is 28.7 Å². The molecule has 0 spiro atoms. The molecule has 0 radical (unpaired) electrons. The van der Waals surface area contributed by atoms with Crippen LogP contribution in [0.1, 0.15) is 43.5 Å². The number of nitrogens with zero attached hydrogens (tertiary/aromatic N) is 3. The molecule has 5 rings (SSSR count). The van der Waals surface area contributed by atoms with Crippen LogP contribution in [0.25, 0.3) is 6.08 Å². The van der Waals surface area contributed by atoms with Crippen molar-refractivity contribution in [1.29, 1.82) is 0 Å². The lowest BCUT2D eigenvalue weighted by molar-refractivity contribution is -0.127.